The Hall–Kier alpha value is -2.67. The lowest BCUT2D eigenvalue weighted by atomic mass is 10.2. The maximum absolute atomic E-state index is 11.1. The highest BCUT2D eigenvalue weighted by atomic mass is 32.1. The van der Waals surface area contributed by atoms with E-state index in [9.17, 15) is 10.0 Å². The smallest absolute Gasteiger partial charge is 0.260 e. The standard InChI is InChI=1S/C11H8N5O3S/c12-4-6(10(13)17)5-15-9-3-7(16(18)19)1-2-8(9)14-11(15)20/h1-3,5,18H,(H2,13,17)(H,14,20)/q-1/b6-5-. The Labute approximate surface area is 117 Å². The Morgan fingerprint density at radius 3 is 2.90 bits per heavy atom. The van der Waals surface area contributed by atoms with Crippen LogP contribution >= 0.6 is 12.2 Å². The average molecular weight is 290 g/mol. The van der Waals surface area contributed by atoms with Crippen molar-refractivity contribution in [2.24, 2.45) is 5.73 Å². The van der Waals surface area contributed by atoms with Crippen molar-refractivity contribution in [3.05, 3.63) is 33.8 Å². The van der Waals surface area contributed by atoms with E-state index in [-0.39, 0.29) is 21.3 Å². The minimum atomic E-state index is -0.896. The van der Waals surface area contributed by atoms with Gasteiger partial charge in [-0.3, -0.25) is 14.6 Å². The highest BCUT2D eigenvalue weighted by molar-refractivity contribution is 7.71. The number of hydrogen-bond acceptors (Lipinski definition) is 6. The third kappa shape index (κ3) is 2.39. The van der Waals surface area contributed by atoms with Crippen molar-refractivity contribution in [3.63, 3.8) is 0 Å². The number of aromatic nitrogens is 2. The number of benzene rings is 1. The van der Waals surface area contributed by atoms with Gasteiger partial charge >= 0.3 is 0 Å². The summed E-state index contributed by atoms with van der Waals surface area (Å²) < 4.78 is 1.53. The van der Waals surface area contributed by atoms with Crippen LogP contribution in [-0.4, -0.2) is 20.7 Å². The number of carbonyl (C=O) groups is 1. The Morgan fingerprint density at radius 2 is 2.35 bits per heavy atom. The topological polar surface area (TPSA) is 134 Å². The molecule has 8 nitrogen and oxygen atoms in total. The molecule has 2 aromatic rings. The van der Waals surface area contributed by atoms with Crippen molar-refractivity contribution in [1.82, 2.24) is 9.55 Å². The number of amides is 1. The molecule has 0 aliphatic heterocycles. The first-order valence-electron chi connectivity index (χ1n) is 5.26. The number of nitriles is 1. The van der Waals surface area contributed by atoms with Crippen molar-refractivity contribution in [2.75, 3.05) is 5.23 Å². The summed E-state index contributed by atoms with van der Waals surface area (Å²) in [6, 6.07) is 5.91. The normalized spacial score (nSPS) is 11.3. The summed E-state index contributed by atoms with van der Waals surface area (Å²) in [6.45, 7) is 0. The van der Waals surface area contributed by atoms with E-state index in [1.807, 2.05) is 0 Å². The molecule has 1 aromatic carbocycles. The predicted octanol–water partition coefficient (Wildman–Crippen LogP) is 1.24. The highest BCUT2D eigenvalue weighted by Crippen LogP contribution is 2.21. The minimum absolute atomic E-state index is 0.0220. The van der Waals surface area contributed by atoms with E-state index in [0.717, 1.165) is 0 Å². The zero-order valence-electron chi connectivity index (χ0n) is 9.90. The molecule has 0 saturated heterocycles. The number of anilines is 1. The maximum Gasteiger partial charge on any atom is 0.260 e. The monoisotopic (exact) mass is 290 g/mol. The molecule has 1 heterocycles. The van der Waals surface area contributed by atoms with Gasteiger partial charge in [-0.1, -0.05) is 0 Å². The highest BCUT2D eigenvalue weighted by Gasteiger charge is 2.08. The van der Waals surface area contributed by atoms with Gasteiger partial charge in [-0.15, -0.1) is 0 Å². The minimum Gasteiger partial charge on any atom is -0.733 e. The van der Waals surface area contributed by atoms with Gasteiger partial charge < -0.3 is 21.2 Å². The summed E-state index contributed by atoms with van der Waals surface area (Å²) in [4.78, 5) is 13.9. The summed E-state index contributed by atoms with van der Waals surface area (Å²) in [5.41, 5.74) is 5.71. The van der Waals surface area contributed by atoms with Crippen LogP contribution in [-0.2, 0) is 4.79 Å². The fraction of sp³-hybridized carbons (Fsp3) is 0. The van der Waals surface area contributed by atoms with Crippen molar-refractivity contribution in [2.45, 2.75) is 0 Å². The van der Waals surface area contributed by atoms with Crippen LogP contribution in [0.4, 0.5) is 5.69 Å². The van der Waals surface area contributed by atoms with E-state index in [1.165, 1.54) is 29.0 Å². The van der Waals surface area contributed by atoms with Gasteiger partial charge in [0.05, 0.1) is 16.7 Å². The van der Waals surface area contributed by atoms with Gasteiger partial charge in [0, 0.05) is 6.20 Å². The Balaban J connectivity index is 2.73. The van der Waals surface area contributed by atoms with Crippen LogP contribution in [0.1, 0.15) is 0 Å². The number of imidazole rings is 1. The molecule has 0 radical (unpaired) electrons. The summed E-state index contributed by atoms with van der Waals surface area (Å²) in [5, 5.41) is 28.3. The van der Waals surface area contributed by atoms with E-state index >= 15 is 0 Å². The Morgan fingerprint density at radius 1 is 1.65 bits per heavy atom. The molecule has 102 valence electrons. The summed E-state index contributed by atoms with van der Waals surface area (Å²) in [7, 11) is 0. The lowest BCUT2D eigenvalue weighted by Crippen LogP contribution is -2.13. The van der Waals surface area contributed by atoms with E-state index in [0.29, 0.717) is 11.0 Å². The largest absolute Gasteiger partial charge is 0.733 e. The lowest BCUT2D eigenvalue weighted by molar-refractivity contribution is -0.114. The lowest BCUT2D eigenvalue weighted by Gasteiger charge is -2.21. The van der Waals surface area contributed by atoms with Gasteiger partial charge in [0.2, 0.25) is 0 Å². The SMILES string of the molecule is N#C/C(=C/n1c(=S)[nH]c2ccc(N([O-])O)cc21)C(N)=O. The van der Waals surface area contributed by atoms with Crippen LogP contribution in [0.5, 0.6) is 0 Å². The van der Waals surface area contributed by atoms with E-state index in [4.69, 9.17) is 28.4 Å². The fourth-order valence-corrected chi connectivity index (χ4v) is 1.89. The fourth-order valence-electron chi connectivity index (χ4n) is 1.63. The molecule has 20 heavy (non-hydrogen) atoms. The van der Waals surface area contributed by atoms with Crippen molar-refractivity contribution >= 4 is 41.0 Å². The molecule has 0 aliphatic carbocycles. The molecule has 0 bridgehead atoms. The number of aromatic amines is 1. The molecule has 0 saturated carbocycles. The number of nitrogens with two attached hydrogens (primary N) is 1. The number of carbonyl (C=O) groups excluding carboxylic acids is 1. The zero-order chi connectivity index (χ0) is 14.9. The van der Waals surface area contributed by atoms with Gasteiger partial charge in [-0.05, 0) is 30.4 Å². The van der Waals surface area contributed by atoms with Crippen molar-refractivity contribution in [3.8, 4) is 6.07 Å². The number of primary amides is 1. The van der Waals surface area contributed by atoms with Crippen LogP contribution < -0.4 is 11.0 Å². The van der Waals surface area contributed by atoms with Gasteiger partial charge in [0.1, 0.15) is 11.6 Å². The average Bonchev–Trinajstić information content (AvgIpc) is 2.70. The van der Waals surface area contributed by atoms with Gasteiger partial charge in [-0.2, -0.15) is 5.26 Å². The first-order valence-corrected chi connectivity index (χ1v) is 5.67. The van der Waals surface area contributed by atoms with E-state index < -0.39 is 5.91 Å². The second-order valence-corrected chi connectivity index (χ2v) is 4.18. The predicted molar refractivity (Wildman–Crippen MR) is 73.8 cm³/mol. The zero-order valence-corrected chi connectivity index (χ0v) is 10.7. The molecule has 0 aliphatic rings. The number of nitrogens with zero attached hydrogens (tertiary/aromatic N) is 3. The van der Waals surface area contributed by atoms with Crippen molar-refractivity contribution < 1.29 is 10.0 Å². The molecule has 2 rings (SSSR count). The summed E-state index contributed by atoms with van der Waals surface area (Å²) in [6.07, 6.45) is 1.17. The molecule has 0 atom stereocenters. The van der Waals surface area contributed by atoms with Crippen molar-refractivity contribution in [1.29, 1.82) is 5.26 Å². The first-order chi connectivity index (χ1) is 9.43. The second kappa shape index (κ2) is 5.14. The maximum atomic E-state index is 11.1. The number of hydrogen-bond donors (Lipinski definition) is 3. The Bertz CT molecular complexity index is 812. The number of nitrogens with one attached hydrogen (secondary N) is 1. The van der Waals surface area contributed by atoms with Gasteiger partial charge in [0.25, 0.3) is 5.91 Å². The number of rotatable bonds is 3. The van der Waals surface area contributed by atoms with Gasteiger partial charge in [0.15, 0.2) is 4.77 Å². The third-order valence-corrected chi connectivity index (χ3v) is 2.87. The second-order valence-electron chi connectivity index (χ2n) is 3.79. The van der Waals surface area contributed by atoms with Crippen LogP contribution in [0.15, 0.2) is 23.8 Å². The molecule has 0 fully saturated rings. The number of H-pyrrole nitrogens is 1. The molecule has 0 spiro atoms. The summed E-state index contributed by atoms with van der Waals surface area (Å²) in [5.74, 6) is -0.896. The van der Waals surface area contributed by atoms with Gasteiger partial charge in [-0.25, -0.2) is 0 Å². The molecular formula is C11H8N5O3S-. The molecular weight excluding hydrogens is 282 g/mol. The summed E-state index contributed by atoms with van der Waals surface area (Å²) >= 11 is 5.06. The molecule has 4 N–H and O–H groups in total. The Kier molecular flexibility index (Phi) is 3.53. The van der Waals surface area contributed by atoms with Crippen LogP contribution in [0.2, 0.25) is 0 Å². The molecule has 9 heteroatoms. The quantitative estimate of drug-likeness (QED) is 0.337. The molecule has 1 amide bonds. The van der Waals surface area contributed by atoms with Crippen LogP contribution in [0, 0.1) is 21.3 Å². The number of fused-ring (bicyclic) bond motifs is 1. The van der Waals surface area contributed by atoms with E-state index in [2.05, 4.69) is 4.98 Å². The third-order valence-electron chi connectivity index (χ3n) is 2.57. The first kappa shape index (κ1) is 13.8. The van der Waals surface area contributed by atoms with Crippen LogP contribution in [0.3, 0.4) is 0 Å². The van der Waals surface area contributed by atoms with Crippen LogP contribution in [0.25, 0.3) is 17.2 Å². The van der Waals surface area contributed by atoms with E-state index in [1.54, 1.807) is 6.07 Å². The molecule has 0 unspecified atom stereocenters. The molecule has 1 aromatic heterocycles.